The number of nitrogens with zero attached hydrogens (tertiary/aromatic N) is 3. The Morgan fingerprint density at radius 1 is 1.14 bits per heavy atom. The van der Waals surface area contributed by atoms with Gasteiger partial charge in [-0.2, -0.15) is 9.78 Å². The van der Waals surface area contributed by atoms with Crippen molar-refractivity contribution in [1.29, 1.82) is 0 Å². The fraction of sp³-hybridized carbons (Fsp3) is 0.185. The maximum Gasteiger partial charge on any atom is 0.261 e. The number of benzene rings is 2. The number of fused-ring (bicyclic) bond motifs is 1. The summed E-state index contributed by atoms with van der Waals surface area (Å²) >= 11 is 1.53. The highest BCUT2D eigenvalue weighted by Crippen LogP contribution is 2.31. The van der Waals surface area contributed by atoms with Gasteiger partial charge in [-0.05, 0) is 41.1 Å². The van der Waals surface area contributed by atoms with Gasteiger partial charge in [0, 0.05) is 12.1 Å². The fourth-order valence-corrected chi connectivity index (χ4v) is 4.66. The third-order valence-corrected chi connectivity index (χ3v) is 6.58. The van der Waals surface area contributed by atoms with E-state index < -0.39 is 0 Å². The largest absolute Gasteiger partial charge is 0.493 e. The third kappa shape index (κ3) is 4.52. The van der Waals surface area contributed by atoms with Crippen molar-refractivity contribution in [2.45, 2.75) is 26.7 Å². The quantitative estimate of drug-likeness (QED) is 0.303. The van der Waals surface area contributed by atoms with Crippen molar-refractivity contribution in [3.8, 4) is 22.3 Å². The number of hydrogen-bond donors (Lipinski definition) is 2. The molecule has 2 N–H and O–H groups in total. The number of aromatic nitrogens is 4. The Labute approximate surface area is 211 Å². The number of thiophene rings is 1. The summed E-state index contributed by atoms with van der Waals surface area (Å²) in [5.41, 5.74) is 1.42. The number of hydrogen-bond acceptors (Lipinski definition) is 6. The van der Waals surface area contributed by atoms with Gasteiger partial charge in [0.2, 0.25) is 5.95 Å². The summed E-state index contributed by atoms with van der Waals surface area (Å²) in [7, 11) is 0. The van der Waals surface area contributed by atoms with E-state index in [1.165, 1.54) is 22.1 Å². The van der Waals surface area contributed by atoms with Crippen LogP contribution in [0.25, 0.3) is 27.3 Å². The minimum Gasteiger partial charge on any atom is -0.493 e. The van der Waals surface area contributed by atoms with Crippen LogP contribution in [0.5, 0.6) is 5.75 Å². The van der Waals surface area contributed by atoms with Crippen LogP contribution in [-0.2, 0) is 0 Å². The summed E-state index contributed by atoms with van der Waals surface area (Å²) in [5.74, 6) is 0.791. The number of carbonyl (C=O) groups excluding carboxylic acids is 1. The standard InChI is InChI=1S/C27H25N5O3S/c1-4-35-21-12-11-17-8-5-6-9-18(17)25(21)26(34)29-23-14-20(22-10-7-13-36-22)31-32(23)27-28-19(16(2)3)15-24(33)30-27/h5-16H,4H2,1-3H3,(H,29,34)(H,28,30,33). The average molecular weight is 500 g/mol. The van der Waals surface area contributed by atoms with E-state index in [-0.39, 0.29) is 23.3 Å². The number of carbonyl (C=O) groups is 1. The SMILES string of the molecule is CCOc1ccc2ccccc2c1C(=O)Nc1cc(-c2cccs2)nn1-c1nc(C(C)C)cc(=O)[nH]1. The molecule has 1 amide bonds. The summed E-state index contributed by atoms with van der Waals surface area (Å²) in [6.45, 7) is 6.23. The van der Waals surface area contributed by atoms with E-state index in [2.05, 4.69) is 20.4 Å². The molecule has 3 heterocycles. The lowest BCUT2D eigenvalue weighted by atomic mass is 10.0. The maximum absolute atomic E-state index is 13.7. The van der Waals surface area contributed by atoms with Gasteiger partial charge >= 0.3 is 0 Å². The Hall–Kier alpha value is -4.24. The Kier molecular flexibility index (Phi) is 6.39. The zero-order valence-electron chi connectivity index (χ0n) is 20.1. The second-order valence-corrected chi connectivity index (χ2v) is 9.45. The molecule has 0 aliphatic carbocycles. The molecule has 3 aromatic heterocycles. The molecule has 0 spiro atoms. The van der Waals surface area contributed by atoms with Crippen LogP contribution < -0.4 is 15.6 Å². The normalized spacial score (nSPS) is 11.2. The molecule has 0 saturated carbocycles. The Bertz CT molecular complexity index is 1600. The Morgan fingerprint density at radius 3 is 2.72 bits per heavy atom. The van der Waals surface area contributed by atoms with Crippen LogP contribution in [0.15, 0.2) is 70.8 Å². The minimum absolute atomic E-state index is 0.0425. The number of anilines is 1. The molecule has 0 radical (unpaired) electrons. The van der Waals surface area contributed by atoms with Gasteiger partial charge in [-0.1, -0.05) is 50.2 Å². The van der Waals surface area contributed by atoms with Crippen molar-refractivity contribution in [2.24, 2.45) is 0 Å². The lowest BCUT2D eigenvalue weighted by Gasteiger charge is -2.14. The molecule has 5 rings (SSSR count). The maximum atomic E-state index is 13.7. The van der Waals surface area contributed by atoms with E-state index >= 15 is 0 Å². The van der Waals surface area contributed by atoms with E-state index in [0.29, 0.717) is 35.1 Å². The van der Waals surface area contributed by atoms with Gasteiger partial charge in [-0.25, -0.2) is 4.98 Å². The molecule has 2 aromatic carbocycles. The molecule has 9 heteroatoms. The summed E-state index contributed by atoms with van der Waals surface area (Å²) in [6, 6.07) is 18.5. The zero-order valence-corrected chi connectivity index (χ0v) is 20.9. The highest BCUT2D eigenvalue weighted by molar-refractivity contribution is 7.13. The van der Waals surface area contributed by atoms with Gasteiger partial charge in [0.15, 0.2) is 0 Å². The van der Waals surface area contributed by atoms with Gasteiger partial charge < -0.3 is 10.1 Å². The number of amides is 1. The first-order valence-electron chi connectivity index (χ1n) is 11.7. The summed E-state index contributed by atoms with van der Waals surface area (Å²) < 4.78 is 7.26. The highest BCUT2D eigenvalue weighted by Gasteiger charge is 2.21. The van der Waals surface area contributed by atoms with Crippen LogP contribution in [0.1, 0.15) is 42.7 Å². The zero-order chi connectivity index (χ0) is 25.2. The highest BCUT2D eigenvalue weighted by atomic mass is 32.1. The molecular weight excluding hydrogens is 474 g/mol. The molecule has 0 unspecified atom stereocenters. The smallest absolute Gasteiger partial charge is 0.261 e. The van der Waals surface area contributed by atoms with Gasteiger partial charge in [-0.15, -0.1) is 11.3 Å². The number of rotatable bonds is 7. The first-order valence-corrected chi connectivity index (χ1v) is 12.5. The van der Waals surface area contributed by atoms with Crippen molar-refractivity contribution in [3.63, 3.8) is 0 Å². The minimum atomic E-state index is -0.350. The van der Waals surface area contributed by atoms with Crippen molar-refractivity contribution in [2.75, 3.05) is 11.9 Å². The van der Waals surface area contributed by atoms with Gasteiger partial charge in [-0.3, -0.25) is 14.6 Å². The number of aromatic amines is 1. The summed E-state index contributed by atoms with van der Waals surface area (Å²) in [4.78, 5) is 34.4. The predicted octanol–water partition coefficient (Wildman–Crippen LogP) is 5.61. The molecule has 0 fully saturated rings. The number of H-pyrrole nitrogens is 1. The molecule has 0 aliphatic heterocycles. The molecule has 0 bridgehead atoms. The predicted molar refractivity (Wildman–Crippen MR) is 142 cm³/mol. The molecular formula is C27H25N5O3S. The lowest BCUT2D eigenvalue weighted by Crippen LogP contribution is -2.20. The van der Waals surface area contributed by atoms with E-state index in [0.717, 1.165) is 15.6 Å². The second kappa shape index (κ2) is 9.79. The van der Waals surface area contributed by atoms with E-state index in [9.17, 15) is 9.59 Å². The van der Waals surface area contributed by atoms with Gasteiger partial charge in [0.25, 0.3) is 11.5 Å². The van der Waals surface area contributed by atoms with Crippen LogP contribution in [-0.4, -0.2) is 32.3 Å². The first-order chi connectivity index (χ1) is 17.4. The molecule has 5 aromatic rings. The molecule has 182 valence electrons. The number of nitrogens with one attached hydrogen (secondary N) is 2. The van der Waals surface area contributed by atoms with E-state index in [4.69, 9.17) is 4.74 Å². The molecule has 0 atom stereocenters. The van der Waals surface area contributed by atoms with Crippen LogP contribution in [0.4, 0.5) is 5.82 Å². The molecule has 36 heavy (non-hydrogen) atoms. The fourth-order valence-electron chi connectivity index (χ4n) is 3.98. The molecule has 8 nitrogen and oxygen atoms in total. The van der Waals surface area contributed by atoms with Gasteiger partial charge in [0.05, 0.1) is 22.7 Å². The van der Waals surface area contributed by atoms with Crippen molar-refractivity contribution in [1.82, 2.24) is 19.7 Å². The van der Waals surface area contributed by atoms with Crippen LogP contribution >= 0.6 is 11.3 Å². The monoisotopic (exact) mass is 499 g/mol. The Morgan fingerprint density at radius 2 is 1.97 bits per heavy atom. The van der Waals surface area contributed by atoms with Crippen LogP contribution in [0, 0.1) is 0 Å². The topological polar surface area (TPSA) is 102 Å². The number of ether oxygens (including phenoxy) is 1. The first kappa shape index (κ1) is 23.5. The Balaban J connectivity index is 1.64. The lowest BCUT2D eigenvalue weighted by molar-refractivity contribution is 0.102. The van der Waals surface area contributed by atoms with Crippen LogP contribution in [0.3, 0.4) is 0 Å². The summed E-state index contributed by atoms with van der Waals surface area (Å²) in [6.07, 6.45) is 0. The molecule has 0 aliphatic rings. The van der Waals surface area contributed by atoms with E-state index in [1.54, 1.807) is 12.1 Å². The van der Waals surface area contributed by atoms with Gasteiger partial charge in [0.1, 0.15) is 17.3 Å². The molecule has 0 saturated heterocycles. The second-order valence-electron chi connectivity index (χ2n) is 8.50. The average Bonchev–Trinajstić information content (AvgIpc) is 3.54. The third-order valence-electron chi connectivity index (χ3n) is 5.68. The summed E-state index contributed by atoms with van der Waals surface area (Å²) in [5, 5.41) is 11.3. The van der Waals surface area contributed by atoms with Crippen molar-refractivity contribution < 1.29 is 9.53 Å². The van der Waals surface area contributed by atoms with Crippen LogP contribution in [0.2, 0.25) is 0 Å². The van der Waals surface area contributed by atoms with E-state index in [1.807, 2.05) is 68.6 Å². The van der Waals surface area contributed by atoms with Crippen molar-refractivity contribution >= 4 is 33.8 Å². The van der Waals surface area contributed by atoms with Crippen molar-refractivity contribution in [3.05, 3.63) is 87.7 Å².